The number of ether oxygens (including phenoxy) is 1. The highest BCUT2D eigenvalue weighted by atomic mass is 32.2. The number of carbonyl (C=O) groups is 1. The lowest BCUT2D eigenvalue weighted by atomic mass is 10.2. The van der Waals surface area contributed by atoms with Crippen LogP contribution >= 0.6 is 0 Å². The Morgan fingerprint density at radius 1 is 1.42 bits per heavy atom. The molecule has 0 radical (unpaired) electrons. The summed E-state index contributed by atoms with van der Waals surface area (Å²) < 4.78 is 32.7. The van der Waals surface area contributed by atoms with Crippen molar-refractivity contribution in [2.75, 3.05) is 18.4 Å². The number of nitrogens with one attached hydrogen (secondary N) is 2. The van der Waals surface area contributed by atoms with Crippen molar-refractivity contribution < 1.29 is 23.1 Å². The molecule has 0 saturated heterocycles. The van der Waals surface area contributed by atoms with Crippen molar-refractivity contribution in [2.24, 2.45) is 0 Å². The molecule has 0 aliphatic heterocycles. The first-order valence-electron chi connectivity index (χ1n) is 5.58. The van der Waals surface area contributed by atoms with Gasteiger partial charge < -0.3 is 9.84 Å². The van der Waals surface area contributed by atoms with Crippen LogP contribution in [0, 0.1) is 0 Å². The van der Waals surface area contributed by atoms with E-state index in [4.69, 9.17) is 9.84 Å². The van der Waals surface area contributed by atoms with Gasteiger partial charge in [0, 0.05) is 6.54 Å². The Morgan fingerprint density at radius 2 is 2.11 bits per heavy atom. The number of hydrogen-bond donors (Lipinski definition) is 3. The van der Waals surface area contributed by atoms with Gasteiger partial charge in [-0.15, -0.1) is 0 Å². The third-order valence-electron chi connectivity index (χ3n) is 2.24. The summed E-state index contributed by atoms with van der Waals surface area (Å²) in [6, 6.07) is 4.07. The molecule has 3 N–H and O–H groups in total. The van der Waals surface area contributed by atoms with Gasteiger partial charge in [0.2, 0.25) is 0 Å². The molecule has 0 amide bonds. The van der Waals surface area contributed by atoms with Gasteiger partial charge in [0.25, 0.3) is 10.2 Å². The molecule has 106 valence electrons. The smallest absolute Gasteiger partial charge is 0.337 e. The standard InChI is InChI=1S/C11H16N2O5S/c1-3-6-12-19(16,17)13-10-5-4-8(18-2)7-9(10)11(14)15/h4-5,7,12-13H,3,6H2,1-2H3,(H,14,15). The predicted octanol–water partition coefficient (Wildman–Crippen LogP) is 1.05. The van der Waals surface area contributed by atoms with Gasteiger partial charge in [-0.2, -0.15) is 13.1 Å². The number of anilines is 1. The fourth-order valence-electron chi connectivity index (χ4n) is 1.33. The summed E-state index contributed by atoms with van der Waals surface area (Å²) in [5.41, 5.74) is -0.196. The van der Waals surface area contributed by atoms with Crippen LogP contribution in [0.4, 0.5) is 5.69 Å². The summed E-state index contributed by atoms with van der Waals surface area (Å²) >= 11 is 0. The number of benzene rings is 1. The molecule has 1 aromatic carbocycles. The summed E-state index contributed by atoms with van der Waals surface area (Å²) in [6.45, 7) is 2.09. The van der Waals surface area contributed by atoms with Crippen LogP contribution in [0.25, 0.3) is 0 Å². The van der Waals surface area contributed by atoms with Gasteiger partial charge in [0.05, 0.1) is 18.4 Å². The van der Waals surface area contributed by atoms with E-state index in [0.717, 1.165) is 0 Å². The van der Waals surface area contributed by atoms with E-state index in [2.05, 4.69) is 9.44 Å². The number of methoxy groups -OCH3 is 1. The van der Waals surface area contributed by atoms with Gasteiger partial charge in [-0.3, -0.25) is 4.72 Å². The Bertz CT molecular complexity index is 556. The van der Waals surface area contributed by atoms with Gasteiger partial charge in [-0.05, 0) is 24.6 Å². The molecule has 7 nitrogen and oxygen atoms in total. The third kappa shape index (κ3) is 4.42. The first-order chi connectivity index (χ1) is 8.89. The maximum absolute atomic E-state index is 11.6. The molecular formula is C11H16N2O5S. The van der Waals surface area contributed by atoms with E-state index in [0.29, 0.717) is 12.2 Å². The predicted molar refractivity (Wildman–Crippen MR) is 70.8 cm³/mol. The van der Waals surface area contributed by atoms with Crippen LogP contribution in [0.5, 0.6) is 5.75 Å². The summed E-state index contributed by atoms with van der Waals surface area (Å²) in [6.07, 6.45) is 0.634. The summed E-state index contributed by atoms with van der Waals surface area (Å²) in [4.78, 5) is 11.1. The number of hydrogen-bond acceptors (Lipinski definition) is 4. The van der Waals surface area contributed by atoms with Crippen LogP contribution < -0.4 is 14.2 Å². The van der Waals surface area contributed by atoms with Crippen LogP contribution in [0.1, 0.15) is 23.7 Å². The SMILES string of the molecule is CCCNS(=O)(=O)Nc1ccc(OC)cc1C(=O)O. The van der Waals surface area contributed by atoms with Gasteiger partial charge >= 0.3 is 5.97 Å². The molecule has 0 unspecified atom stereocenters. The summed E-state index contributed by atoms with van der Waals surface area (Å²) in [5, 5.41) is 9.05. The van der Waals surface area contributed by atoms with Crippen molar-refractivity contribution in [3.05, 3.63) is 23.8 Å². The zero-order valence-corrected chi connectivity index (χ0v) is 11.5. The fraction of sp³-hybridized carbons (Fsp3) is 0.364. The largest absolute Gasteiger partial charge is 0.497 e. The Morgan fingerprint density at radius 3 is 2.63 bits per heavy atom. The zero-order chi connectivity index (χ0) is 14.5. The Labute approximate surface area is 111 Å². The van der Waals surface area contributed by atoms with E-state index in [1.807, 2.05) is 6.92 Å². The number of aromatic carboxylic acids is 1. The van der Waals surface area contributed by atoms with Crippen LogP contribution in [0.15, 0.2) is 18.2 Å². The van der Waals surface area contributed by atoms with Crippen LogP contribution in [0.2, 0.25) is 0 Å². The van der Waals surface area contributed by atoms with Crippen LogP contribution in [-0.2, 0) is 10.2 Å². The molecule has 8 heteroatoms. The van der Waals surface area contributed by atoms with Gasteiger partial charge in [0.15, 0.2) is 0 Å². The Kier molecular flexibility index (Phi) is 5.13. The van der Waals surface area contributed by atoms with Gasteiger partial charge in [-0.1, -0.05) is 6.92 Å². The highest BCUT2D eigenvalue weighted by Crippen LogP contribution is 2.22. The lowest BCUT2D eigenvalue weighted by Gasteiger charge is -2.12. The minimum Gasteiger partial charge on any atom is -0.497 e. The second-order valence-electron chi connectivity index (χ2n) is 3.72. The number of carboxylic acid groups (broad SMARTS) is 1. The van der Waals surface area contributed by atoms with Crippen molar-refractivity contribution in [1.29, 1.82) is 0 Å². The van der Waals surface area contributed by atoms with E-state index in [1.54, 1.807) is 0 Å². The Balaban J connectivity index is 3.04. The van der Waals surface area contributed by atoms with E-state index in [9.17, 15) is 13.2 Å². The zero-order valence-electron chi connectivity index (χ0n) is 10.6. The van der Waals surface area contributed by atoms with E-state index >= 15 is 0 Å². The quantitative estimate of drug-likeness (QED) is 0.695. The highest BCUT2D eigenvalue weighted by Gasteiger charge is 2.16. The van der Waals surface area contributed by atoms with Crippen molar-refractivity contribution in [3.63, 3.8) is 0 Å². The van der Waals surface area contributed by atoms with Crippen LogP contribution in [-0.4, -0.2) is 33.1 Å². The van der Waals surface area contributed by atoms with E-state index < -0.39 is 16.2 Å². The molecule has 1 aromatic rings. The summed E-state index contributed by atoms with van der Waals surface area (Å²) in [5.74, 6) is -0.908. The molecular weight excluding hydrogens is 272 g/mol. The van der Waals surface area contributed by atoms with Gasteiger partial charge in [-0.25, -0.2) is 4.79 Å². The topological polar surface area (TPSA) is 105 Å². The first kappa shape index (κ1) is 15.3. The molecule has 0 saturated carbocycles. The molecule has 0 aliphatic rings. The molecule has 19 heavy (non-hydrogen) atoms. The third-order valence-corrected chi connectivity index (χ3v) is 3.32. The lowest BCUT2D eigenvalue weighted by molar-refractivity contribution is 0.0697. The highest BCUT2D eigenvalue weighted by molar-refractivity contribution is 7.90. The first-order valence-corrected chi connectivity index (χ1v) is 7.06. The van der Waals surface area contributed by atoms with Crippen molar-refractivity contribution in [3.8, 4) is 5.75 Å². The van der Waals surface area contributed by atoms with Crippen LogP contribution in [0.3, 0.4) is 0 Å². The number of rotatable bonds is 7. The summed E-state index contributed by atoms with van der Waals surface area (Å²) in [7, 11) is -2.38. The minimum absolute atomic E-state index is 0.0168. The maximum atomic E-state index is 11.6. The second kappa shape index (κ2) is 6.39. The molecule has 0 spiro atoms. The average molecular weight is 288 g/mol. The lowest BCUT2D eigenvalue weighted by Crippen LogP contribution is -2.31. The molecule has 0 heterocycles. The molecule has 0 aliphatic carbocycles. The van der Waals surface area contributed by atoms with Crippen molar-refractivity contribution in [2.45, 2.75) is 13.3 Å². The number of carboxylic acids is 1. The van der Waals surface area contributed by atoms with Crippen molar-refractivity contribution in [1.82, 2.24) is 4.72 Å². The average Bonchev–Trinajstić information content (AvgIpc) is 2.36. The van der Waals surface area contributed by atoms with E-state index in [-0.39, 0.29) is 17.8 Å². The molecule has 0 fully saturated rings. The fourth-order valence-corrected chi connectivity index (χ4v) is 2.35. The second-order valence-corrected chi connectivity index (χ2v) is 5.22. The van der Waals surface area contributed by atoms with E-state index in [1.165, 1.54) is 25.3 Å². The normalized spacial score (nSPS) is 11.1. The van der Waals surface area contributed by atoms with Gasteiger partial charge in [0.1, 0.15) is 5.75 Å². The molecule has 1 rings (SSSR count). The monoisotopic (exact) mass is 288 g/mol. The maximum Gasteiger partial charge on any atom is 0.337 e. The minimum atomic E-state index is -3.78. The molecule has 0 atom stereocenters. The molecule has 0 bridgehead atoms. The van der Waals surface area contributed by atoms with Crippen molar-refractivity contribution >= 4 is 21.9 Å². The Hall–Kier alpha value is -1.80. The molecule has 0 aromatic heterocycles.